The van der Waals surface area contributed by atoms with E-state index < -0.39 is 0 Å². The van der Waals surface area contributed by atoms with Crippen molar-refractivity contribution in [1.29, 1.82) is 0 Å². The number of nitrogens with zero attached hydrogens (tertiary/aromatic N) is 2. The molecule has 130 valence electrons. The third kappa shape index (κ3) is 4.15. The molecule has 2 aromatic rings. The molecule has 1 saturated heterocycles. The van der Waals surface area contributed by atoms with Crippen LogP contribution in [0.4, 0.5) is 5.69 Å². The second kappa shape index (κ2) is 7.63. The van der Waals surface area contributed by atoms with Gasteiger partial charge in [-0.1, -0.05) is 24.2 Å². The van der Waals surface area contributed by atoms with Crippen molar-refractivity contribution >= 4 is 40.0 Å². The van der Waals surface area contributed by atoms with Crippen molar-refractivity contribution in [3.63, 3.8) is 0 Å². The molecule has 0 spiro atoms. The fourth-order valence-corrected chi connectivity index (χ4v) is 3.06. The number of carbonyl (C=O) groups is 2. The van der Waals surface area contributed by atoms with E-state index in [4.69, 9.17) is 16.3 Å². The number of rotatable bonds is 4. The molecular formula is C18H18ClN3O3. The Kier molecular flexibility index (Phi) is 5.31. The minimum absolute atomic E-state index is 0.141. The Morgan fingerprint density at radius 3 is 3.12 bits per heavy atom. The topological polar surface area (TPSA) is 71.5 Å². The second-order valence-electron chi connectivity index (χ2n) is 5.76. The van der Waals surface area contributed by atoms with Gasteiger partial charge in [0.1, 0.15) is 0 Å². The fraction of sp³-hybridized carbons (Fsp3) is 0.278. The van der Waals surface area contributed by atoms with E-state index in [2.05, 4.69) is 16.9 Å². The first kappa shape index (κ1) is 17.4. The number of hydrogen-bond donors (Lipinski definition) is 1. The van der Waals surface area contributed by atoms with E-state index in [1.165, 1.54) is 6.08 Å². The highest BCUT2D eigenvalue weighted by molar-refractivity contribution is 6.32. The number of benzene rings is 1. The average Bonchev–Trinajstić information content (AvgIpc) is 2.61. The average molecular weight is 360 g/mol. The Bertz CT molecular complexity index is 824. The Morgan fingerprint density at radius 1 is 1.48 bits per heavy atom. The summed E-state index contributed by atoms with van der Waals surface area (Å²) >= 11 is 6.11. The van der Waals surface area contributed by atoms with E-state index in [-0.39, 0.29) is 24.3 Å². The van der Waals surface area contributed by atoms with Gasteiger partial charge in [-0.15, -0.1) is 0 Å². The number of morpholine rings is 1. The normalized spacial score (nSPS) is 17.3. The molecule has 0 radical (unpaired) electrons. The molecule has 2 heterocycles. The van der Waals surface area contributed by atoms with Gasteiger partial charge in [0.25, 0.3) is 0 Å². The first-order valence-electron chi connectivity index (χ1n) is 7.94. The molecule has 2 amide bonds. The number of carbonyl (C=O) groups excluding carboxylic acids is 2. The van der Waals surface area contributed by atoms with Crippen LogP contribution in [0.1, 0.15) is 6.42 Å². The molecular weight excluding hydrogens is 342 g/mol. The maximum Gasteiger partial charge on any atom is 0.246 e. The van der Waals surface area contributed by atoms with Gasteiger partial charge in [0.15, 0.2) is 0 Å². The lowest BCUT2D eigenvalue weighted by molar-refractivity contribution is -0.136. The summed E-state index contributed by atoms with van der Waals surface area (Å²) < 4.78 is 5.59. The number of fused-ring (bicyclic) bond motifs is 1. The number of aromatic nitrogens is 1. The minimum atomic E-state index is -0.351. The van der Waals surface area contributed by atoms with Crippen LogP contribution in [0.5, 0.6) is 0 Å². The number of nitrogens with one attached hydrogen (secondary N) is 1. The number of pyridine rings is 1. The summed E-state index contributed by atoms with van der Waals surface area (Å²) in [7, 11) is 0. The number of amides is 2. The van der Waals surface area contributed by atoms with Gasteiger partial charge in [0.05, 0.1) is 30.3 Å². The zero-order valence-corrected chi connectivity index (χ0v) is 14.3. The molecule has 1 N–H and O–H groups in total. The van der Waals surface area contributed by atoms with Crippen molar-refractivity contribution in [2.24, 2.45) is 0 Å². The van der Waals surface area contributed by atoms with Crippen LogP contribution in [-0.4, -0.2) is 47.5 Å². The van der Waals surface area contributed by atoms with Crippen LogP contribution >= 0.6 is 11.6 Å². The first-order valence-corrected chi connectivity index (χ1v) is 8.31. The maximum absolute atomic E-state index is 12.4. The summed E-state index contributed by atoms with van der Waals surface area (Å²) in [5.74, 6) is -0.370. The van der Waals surface area contributed by atoms with E-state index >= 15 is 0 Å². The summed E-state index contributed by atoms with van der Waals surface area (Å²) in [4.78, 5) is 30.0. The van der Waals surface area contributed by atoms with Gasteiger partial charge < -0.3 is 15.0 Å². The largest absolute Gasteiger partial charge is 0.374 e. The molecule has 0 unspecified atom stereocenters. The van der Waals surface area contributed by atoms with Gasteiger partial charge in [-0.05, 0) is 24.3 Å². The summed E-state index contributed by atoms with van der Waals surface area (Å²) in [5.41, 5.74) is 1.23. The van der Waals surface area contributed by atoms with Crippen LogP contribution in [0.15, 0.2) is 43.1 Å². The van der Waals surface area contributed by atoms with Crippen LogP contribution < -0.4 is 5.32 Å². The van der Waals surface area contributed by atoms with Crippen molar-refractivity contribution in [2.75, 3.05) is 25.0 Å². The molecule has 1 atom stereocenters. The third-order valence-corrected chi connectivity index (χ3v) is 4.20. The molecule has 3 rings (SSSR count). The van der Waals surface area contributed by atoms with Crippen LogP contribution in [0, 0.1) is 0 Å². The molecule has 0 bridgehead atoms. The Hall–Kier alpha value is -2.44. The second-order valence-corrected chi connectivity index (χ2v) is 6.20. The van der Waals surface area contributed by atoms with E-state index in [1.54, 1.807) is 23.2 Å². The lowest BCUT2D eigenvalue weighted by atomic mass is 10.1. The van der Waals surface area contributed by atoms with Gasteiger partial charge in [-0.25, -0.2) is 0 Å². The first-order chi connectivity index (χ1) is 12.1. The molecule has 1 aromatic carbocycles. The molecule has 7 heteroatoms. The van der Waals surface area contributed by atoms with Crippen molar-refractivity contribution in [3.05, 3.63) is 48.1 Å². The van der Waals surface area contributed by atoms with Gasteiger partial charge in [0.2, 0.25) is 11.8 Å². The van der Waals surface area contributed by atoms with Crippen LogP contribution in [0.3, 0.4) is 0 Å². The van der Waals surface area contributed by atoms with Crippen molar-refractivity contribution in [3.8, 4) is 0 Å². The summed E-state index contributed by atoms with van der Waals surface area (Å²) in [5, 5.41) is 4.21. The number of halogens is 1. The Morgan fingerprint density at radius 2 is 2.32 bits per heavy atom. The molecule has 1 fully saturated rings. The van der Waals surface area contributed by atoms with Crippen molar-refractivity contribution in [1.82, 2.24) is 9.88 Å². The molecule has 1 aliphatic heterocycles. The van der Waals surface area contributed by atoms with E-state index in [0.717, 1.165) is 5.39 Å². The smallest absolute Gasteiger partial charge is 0.246 e. The van der Waals surface area contributed by atoms with Crippen LogP contribution in [0.25, 0.3) is 10.9 Å². The highest BCUT2D eigenvalue weighted by Crippen LogP contribution is 2.26. The zero-order chi connectivity index (χ0) is 17.8. The molecule has 0 saturated carbocycles. The van der Waals surface area contributed by atoms with Gasteiger partial charge in [-0.3, -0.25) is 14.6 Å². The maximum atomic E-state index is 12.4. The standard InChI is InChI=1S/C18H18ClN3O3/c1-2-17(24)22-6-7-25-14(11-22)10-16(23)21-15-9-13(19)8-12-4-3-5-20-18(12)15/h2-5,8-9,14H,1,6-7,10-11H2,(H,21,23)/t14-/m0/s1. The molecule has 1 aliphatic rings. The summed E-state index contributed by atoms with van der Waals surface area (Å²) in [6, 6.07) is 7.16. The lowest BCUT2D eigenvalue weighted by Gasteiger charge is -2.32. The van der Waals surface area contributed by atoms with E-state index in [9.17, 15) is 9.59 Å². The summed E-state index contributed by atoms with van der Waals surface area (Å²) in [6.07, 6.45) is 2.72. The zero-order valence-electron chi connectivity index (χ0n) is 13.6. The highest BCUT2D eigenvalue weighted by atomic mass is 35.5. The number of hydrogen-bond acceptors (Lipinski definition) is 4. The predicted molar refractivity (Wildman–Crippen MR) is 96.5 cm³/mol. The highest BCUT2D eigenvalue weighted by Gasteiger charge is 2.25. The fourth-order valence-electron chi connectivity index (χ4n) is 2.83. The van der Waals surface area contributed by atoms with Crippen molar-refractivity contribution in [2.45, 2.75) is 12.5 Å². The molecule has 6 nitrogen and oxygen atoms in total. The Labute approximate surface area is 150 Å². The minimum Gasteiger partial charge on any atom is -0.374 e. The SMILES string of the molecule is C=CC(=O)N1CCO[C@@H](CC(=O)Nc2cc(Cl)cc3cccnc23)C1. The van der Waals surface area contributed by atoms with E-state index in [1.807, 2.05) is 12.1 Å². The van der Waals surface area contributed by atoms with Crippen LogP contribution in [0.2, 0.25) is 5.02 Å². The van der Waals surface area contributed by atoms with Gasteiger partial charge >= 0.3 is 0 Å². The van der Waals surface area contributed by atoms with Crippen molar-refractivity contribution < 1.29 is 14.3 Å². The molecule has 25 heavy (non-hydrogen) atoms. The molecule has 0 aliphatic carbocycles. The van der Waals surface area contributed by atoms with Gasteiger partial charge in [0, 0.05) is 29.7 Å². The third-order valence-electron chi connectivity index (χ3n) is 3.98. The monoisotopic (exact) mass is 359 g/mol. The quantitative estimate of drug-likeness (QED) is 0.852. The predicted octanol–water partition coefficient (Wildman–Crippen LogP) is 2.63. The van der Waals surface area contributed by atoms with Gasteiger partial charge in [-0.2, -0.15) is 0 Å². The number of anilines is 1. The Balaban J connectivity index is 1.69. The molecule has 1 aromatic heterocycles. The lowest BCUT2D eigenvalue weighted by Crippen LogP contribution is -2.46. The number of ether oxygens (including phenoxy) is 1. The van der Waals surface area contributed by atoms with Crippen LogP contribution in [-0.2, 0) is 14.3 Å². The summed E-state index contributed by atoms with van der Waals surface area (Å²) in [6.45, 7) is 4.76. The van der Waals surface area contributed by atoms with E-state index in [0.29, 0.717) is 35.9 Å².